The summed E-state index contributed by atoms with van der Waals surface area (Å²) in [5, 5.41) is 8.88. The maximum Gasteiger partial charge on any atom is 0.241 e. The molecule has 0 radical (unpaired) electrons. The van der Waals surface area contributed by atoms with Gasteiger partial charge in [0.2, 0.25) is 10.0 Å². The van der Waals surface area contributed by atoms with Crippen LogP contribution in [0.2, 0.25) is 0 Å². The van der Waals surface area contributed by atoms with E-state index in [0.717, 1.165) is 18.7 Å². The van der Waals surface area contributed by atoms with Crippen molar-refractivity contribution < 1.29 is 18.1 Å². The van der Waals surface area contributed by atoms with Crippen molar-refractivity contribution in [3.05, 3.63) is 65.7 Å². The molecule has 1 heterocycles. The number of morpholine rings is 1. The maximum atomic E-state index is 12.8. The third-order valence-electron chi connectivity index (χ3n) is 4.49. The Morgan fingerprint density at radius 3 is 2.35 bits per heavy atom. The van der Waals surface area contributed by atoms with Crippen LogP contribution in [0.5, 0.6) is 0 Å². The summed E-state index contributed by atoms with van der Waals surface area (Å²) in [6.45, 7) is 3.77. The van der Waals surface area contributed by atoms with Crippen molar-refractivity contribution in [1.29, 1.82) is 5.26 Å². The number of nitriles is 1. The zero-order chi connectivity index (χ0) is 18.4. The van der Waals surface area contributed by atoms with Gasteiger partial charge in [-0.1, -0.05) is 30.3 Å². The molecule has 0 aliphatic carbocycles. The molecule has 0 spiro atoms. The molecule has 1 fully saturated rings. The molecule has 0 amide bonds. The Balaban J connectivity index is 1.82. The zero-order valence-electron chi connectivity index (χ0n) is 14.4. The van der Waals surface area contributed by atoms with E-state index in [1.54, 1.807) is 0 Å². The molecule has 1 aliphatic heterocycles. The minimum Gasteiger partial charge on any atom is -0.370 e. The Kier molecular flexibility index (Phi) is 6.01. The average Bonchev–Trinajstić information content (AvgIpc) is 2.69. The predicted octanol–water partition coefficient (Wildman–Crippen LogP) is 0.493. The van der Waals surface area contributed by atoms with E-state index in [1.807, 2.05) is 36.4 Å². The lowest BCUT2D eigenvalue weighted by Crippen LogP contribution is -3.14. The first-order valence-electron chi connectivity index (χ1n) is 8.57. The molecule has 7 heteroatoms. The second-order valence-electron chi connectivity index (χ2n) is 6.29. The molecule has 2 aromatic carbocycles. The highest BCUT2D eigenvalue weighted by atomic mass is 32.2. The Morgan fingerprint density at radius 1 is 1.08 bits per heavy atom. The van der Waals surface area contributed by atoms with E-state index in [9.17, 15) is 8.42 Å². The van der Waals surface area contributed by atoms with Crippen LogP contribution in [0.4, 0.5) is 0 Å². The van der Waals surface area contributed by atoms with E-state index in [2.05, 4.69) is 4.72 Å². The van der Waals surface area contributed by atoms with Crippen molar-refractivity contribution in [3.63, 3.8) is 0 Å². The zero-order valence-corrected chi connectivity index (χ0v) is 15.2. The van der Waals surface area contributed by atoms with Gasteiger partial charge in [0, 0.05) is 0 Å². The lowest BCUT2D eigenvalue weighted by Gasteiger charge is -2.28. The van der Waals surface area contributed by atoms with Crippen LogP contribution in [-0.4, -0.2) is 41.3 Å². The summed E-state index contributed by atoms with van der Waals surface area (Å²) in [7, 11) is -3.69. The fraction of sp³-hybridized carbons (Fsp3) is 0.316. The Bertz CT molecular complexity index is 855. The Hall–Kier alpha value is -2.24. The number of benzene rings is 2. The van der Waals surface area contributed by atoms with Gasteiger partial charge in [0.25, 0.3) is 0 Å². The highest BCUT2D eigenvalue weighted by Crippen LogP contribution is 2.17. The maximum absolute atomic E-state index is 12.8. The molecule has 0 saturated carbocycles. The normalized spacial score (nSPS) is 16.7. The summed E-state index contributed by atoms with van der Waals surface area (Å²) in [4.78, 5) is 1.47. The van der Waals surface area contributed by atoms with Gasteiger partial charge < -0.3 is 9.64 Å². The smallest absolute Gasteiger partial charge is 0.241 e. The van der Waals surface area contributed by atoms with E-state index in [1.165, 1.54) is 29.2 Å². The molecule has 26 heavy (non-hydrogen) atoms. The Morgan fingerprint density at radius 2 is 1.73 bits per heavy atom. The van der Waals surface area contributed by atoms with Crippen LogP contribution in [0.25, 0.3) is 0 Å². The fourth-order valence-corrected chi connectivity index (χ4v) is 4.25. The monoisotopic (exact) mass is 372 g/mol. The molecule has 0 unspecified atom stereocenters. The van der Waals surface area contributed by atoms with Crippen LogP contribution >= 0.6 is 0 Å². The largest absolute Gasteiger partial charge is 0.370 e. The minimum absolute atomic E-state index is 0.161. The van der Waals surface area contributed by atoms with Gasteiger partial charge in [-0.15, -0.1) is 0 Å². The SMILES string of the molecule is N#Cc1ccc(S(=O)(=O)N[C@@H](C[NH+]2CCOCC2)c2ccccc2)cc1. The van der Waals surface area contributed by atoms with Crippen molar-refractivity contribution >= 4 is 10.0 Å². The molecule has 1 saturated heterocycles. The van der Waals surface area contributed by atoms with Crippen LogP contribution in [0, 0.1) is 11.3 Å². The molecule has 2 N–H and O–H groups in total. The molecule has 3 rings (SSSR count). The van der Waals surface area contributed by atoms with Gasteiger partial charge in [-0.25, -0.2) is 8.42 Å². The summed E-state index contributed by atoms with van der Waals surface area (Å²) in [6.07, 6.45) is 0. The average molecular weight is 372 g/mol. The van der Waals surface area contributed by atoms with Crippen LogP contribution in [0.3, 0.4) is 0 Å². The van der Waals surface area contributed by atoms with Crippen LogP contribution < -0.4 is 9.62 Å². The molecule has 1 atom stereocenters. The van der Waals surface area contributed by atoms with Gasteiger partial charge >= 0.3 is 0 Å². The van der Waals surface area contributed by atoms with Crippen molar-refractivity contribution in [2.24, 2.45) is 0 Å². The molecule has 6 nitrogen and oxygen atoms in total. The third kappa shape index (κ3) is 4.68. The minimum atomic E-state index is -3.69. The predicted molar refractivity (Wildman–Crippen MR) is 97.0 cm³/mol. The number of ether oxygens (including phenoxy) is 1. The number of hydrogen-bond acceptors (Lipinski definition) is 4. The number of nitrogens with zero attached hydrogens (tertiary/aromatic N) is 1. The van der Waals surface area contributed by atoms with Gasteiger partial charge in [-0.3, -0.25) is 0 Å². The van der Waals surface area contributed by atoms with Crippen molar-refractivity contribution in [2.75, 3.05) is 32.8 Å². The number of quaternary nitrogens is 1. The van der Waals surface area contributed by atoms with Gasteiger partial charge in [0.05, 0.1) is 42.3 Å². The van der Waals surface area contributed by atoms with Crippen LogP contribution in [-0.2, 0) is 14.8 Å². The van der Waals surface area contributed by atoms with Gasteiger partial charge in [-0.2, -0.15) is 9.98 Å². The van der Waals surface area contributed by atoms with Crippen molar-refractivity contribution in [2.45, 2.75) is 10.9 Å². The molecule has 136 valence electrons. The van der Waals surface area contributed by atoms with Crippen molar-refractivity contribution in [1.82, 2.24) is 4.72 Å². The molecule has 0 bridgehead atoms. The van der Waals surface area contributed by atoms with E-state index < -0.39 is 10.0 Å². The fourth-order valence-electron chi connectivity index (χ4n) is 3.03. The van der Waals surface area contributed by atoms with Crippen LogP contribution in [0.15, 0.2) is 59.5 Å². The van der Waals surface area contributed by atoms with Gasteiger partial charge in [-0.05, 0) is 29.8 Å². The quantitative estimate of drug-likeness (QED) is 0.773. The van der Waals surface area contributed by atoms with Gasteiger partial charge in [0.15, 0.2) is 0 Å². The molecule has 0 aromatic heterocycles. The van der Waals surface area contributed by atoms with Gasteiger partial charge in [0.1, 0.15) is 13.1 Å². The van der Waals surface area contributed by atoms with E-state index >= 15 is 0 Å². The lowest BCUT2D eigenvalue weighted by atomic mass is 10.1. The molecular weight excluding hydrogens is 350 g/mol. The first-order chi connectivity index (χ1) is 12.6. The summed E-state index contributed by atoms with van der Waals surface area (Å²) >= 11 is 0. The highest BCUT2D eigenvalue weighted by Gasteiger charge is 2.26. The molecular formula is C19H22N3O3S+. The van der Waals surface area contributed by atoms with E-state index in [4.69, 9.17) is 10.00 Å². The number of sulfonamides is 1. The second kappa shape index (κ2) is 8.43. The standard InChI is InChI=1S/C19H21N3O3S/c20-14-16-6-8-18(9-7-16)26(23,24)21-19(17-4-2-1-3-5-17)15-22-10-12-25-13-11-22/h1-9,19,21H,10-13,15H2/p+1/t19-/m0/s1. The summed E-state index contributed by atoms with van der Waals surface area (Å²) in [6, 6.07) is 17.2. The second-order valence-corrected chi connectivity index (χ2v) is 8.00. The van der Waals surface area contributed by atoms with E-state index in [0.29, 0.717) is 25.3 Å². The topological polar surface area (TPSA) is 83.6 Å². The molecule has 1 aliphatic rings. The van der Waals surface area contributed by atoms with Crippen LogP contribution in [0.1, 0.15) is 17.2 Å². The Labute approximate surface area is 154 Å². The number of rotatable bonds is 6. The first kappa shape index (κ1) is 18.5. The summed E-state index contributed by atoms with van der Waals surface area (Å²) in [5.74, 6) is 0. The highest BCUT2D eigenvalue weighted by molar-refractivity contribution is 7.89. The number of nitrogens with one attached hydrogen (secondary N) is 2. The molecule has 2 aromatic rings. The lowest BCUT2D eigenvalue weighted by molar-refractivity contribution is -0.909. The third-order valence-corrected chi connectivity index (χ3v) is 5.97. The first-order valence-corrected chi connectivity index (χ1v) is 10.1. The van der Waals surface area contributed by atoms with E-state index in [-0.39, 0.29) is 10.9 Å². The number of hydrogen-bond donors (Lipinski definition) is 2. The summed E-state index contributed by atoms with van der Waals surface area (Å²) < 4.78 is 33.9. The summed E-state index contributed by atoms with van der Waals surface area (Å²) in [5.41, 5.74) is 1.37. The van der Waals surface area contributed by atoms with Crippen molar-refractivity contribution in [3.8, 4) is 6.07 Å².